The Morgan fingerprint density at radius 2 is 1.90 bits per heavy atom. The first-order chi connectivity index (χ1) is 14.2. The zero-order valence-electron chi connectivity index (χ0n) is 16.2. The van der Waals surface area contributed by atoms with E-state index < -0.39 is 0 Å². The molecule has 0 aliphatic heterocycles. The van der Waals surface area contributed by atoms with E-state index in [4.69, 9.17) is 4.74 Å². The second-order valence-corrected chi connectivity index (χ2v) is 7.25. The fourth-order valence-corrected chi connectivity index (χ4v) is 3.59. The molecule has 1 amide bonds. The maximum absolute atomic E-state index is 14.4. The number of aromatic nitrogens is 3. The van der Waals surface area contributed by atoms with Crippen LogP contribution in [0.25, 0.3) is 11.4 Å². The molecule has 3 rings (SSSR count). The molecule has 29 heavy (non-hydrogen) atoms. The normalized spacial score (nSPS) is 10.8. The highest BCUT2D eigenvalue weighted by Crippen LogP contribution is 2.26. The smallest absolute Gasteiger partial charge is 0.230 e. The van der Waals surface area contributed by atoms with E-state index in [0.29, 0.717) is 36.2 Å². The zero-order chi connectivity index (χ0) is 20.5. The van der Waals surface area contributed by atoms with Crippen LogP contribution in [0.1, 0.15) is 5.56 Å². The number of carbonyl (C=O) groups is 1. The molecule has 0 bridgehead atoms. The number of methoxy groups -OCH3 is 1. The van der Waals surface area contributed by atoms with Gasteiger partial charge in [-0.1, -0.05) is 54.2 Å². The Hall–Kier alpha value is -2.71. The maximum atomic E-state index is 14.4. The van der Waals surface area contributed by atoms with Crippen LogP contribution in [0, 0.1) is 5.82 Å². The largest absolute Gasteiger partial charge is 0.383 e. The number of nitrogens with one attached hydrogen (secondary N) is 1. The minimum Gasteiger partial charge on any atom is -0.383 e. The number of ether oxygens (including phenoxy) is 1. The number of rotatable bonds is 10. The van der Waals surface area contributed by atoms with E-state index in [0.717, 1.165) is 12.0 Å². The molecule has 0 aliphatic carbocycles. The molecule has 0 spiro atoms. The van der Waals surface area contributed by atoms with Gasteiger partial charge in [0.15, 0.2) is 11.0 Å². The number of aryl methyl sites for hydroxylation is 1. The van der Waals surface area contributed by atoms with Gasteiger partial charge in [0.1, 0.15) is 5.82 Å². The Bertz CT molecular complexity index is 933. The first-order valence-corrected chi connectivity index (χ1v) is 10.3. The summed E-state index contributed by atoms with van der Waals surface area (Å²) in [5, 5.41) is 11.8. The molecule has 1 N–H and O–H groups in total. The number of hydrogen-bond acceptors (Lipinski definition) is 5. The average Bonchev–Trinajstić information content (AvgIpc) is 3.14. The van der Waals surface area contributed by atoms with Crippen molar-refractivity contribution >= 4 is 17.7 Å². The van der Waals surface area contributed by atoms with E-state index in [9.17, 15) is 9.18 Å². The molecule has 1 heterocycles. The molecular weight excluding hydrogens is 391 g/mol. The Labute approximate surface area is 173 Å². The van der Waals surface area contributed by atoms with E-state index in [1.54, 1.807) is 25.3 Å². The van der Waals surface area contributed by atoms with Gasteiger partial charge in [-0.2, -0.15) is 0 Å². The van der Waals surface area contributed by atoms with Crippen molar-refractivity contribution in [1.29, 1.82) is 0 Å². The summed E-state index contributed by atoms with van der Waals surface area (Å²) in [7, 11) is 1.58. The highest BCUT2D eigenvalue weighted by Gasteiger charge is 2.18. The van der Waals surface area contributed by atoms with Crippen molar-refractivity contribution in [2.24, 2.45) is 0 Å². The topological polar surface area (TPSA) is 69.0 Å². The summed E-state index contributed by atoms with van der Waals surface area (Å²) < 4.78 is 21.2. The number of benzene rings is 2. The van der Waals surface area contributed by atoms with Gasteiger partial charge < -0.3 is 14.6 Å². The molecule has 2 aromatic carbocycles. The maximum Gasteiger partial charge on any atom is 0.230 e. The van der Waals surface area contributed by atoms with Gasteiger partial charge in [0.25, 0.3) is 0 Å². The van der Waals surface area contributed by atoms with E-state index in [1.807, 2.05) is 34.9 Å². The third kappa shape index (κ3) is 5.88. The van der Waals surface area contributed by atoms with Gasteiger partial charge in [-0.05, 0) is 24.1 Å². The third-order valence-corrected chi connectivity index (χ3v) is 5.23. The average molecular weight is 415 g/mol. The van der Waals surface area contributed by atoms with Gasteiger partial charge in [0.05, 0.1) is 17.9 Å². The lowest BCUT2D eigenvalue weighted by Crippen LogP contribution is -2.28. The minimum absolute atomic E-state index is 0.114. The van der Waals surface area contributed by atoms with E-state index >= 15 is 0 Å². The van der Waals surface area contributed by atoms with Crippen molar-refractivity contribution in [3.8, 4) is 11.4 Å². The Morgan fingerprint density at radius 1 is 1.14 bits per heavy atom. The van der Waals surface area contributed by atoms with Crippen molar-refractivity contribution in [3.05, 3.63) is 66.0 Å². The summed E-state index contributed by atoms with van der Waals surface area (Å²) in [6.45, 7) is 1.49. The van der Waals surface area contributed by atoms with Crippen LogP contribution >= 0.6 is 11.8 Å². The molecule has 0 saturated heterocycles. The lowest BCUT2D eigenvalue weighted by atomic mass is 10.1. The monoisotopic (exact) mass is 414 g/mol. The standard InChI is InChI=1S/C21H23FN4O2S/c1-28-14-12-23-19(27)15-29-21-25-24-20(17-9-5-6-10-18(17)22)26(21)13-11-16-7-3-2-4-8-16/h2-10H,11-15H2,1H3,(H,23,27). The molecule has 3 aromatic rings. The van der Waals surface area contributed by atoms with E-state index in [1.165, 1.54) is 17.8 Å². The number of amides is 1. The molecule has 0 radical (unpaired) electrons. The van der Waals surface area contributed by atoms with Gasteiger partial charge in [-0.3, -0.25) is 4.79 Å². The molecule has 6 nitrogen and oxygen atoms in total. The number of halogens is 1. The first kappa shape index (κ1) is 21.0. The quantitative estimate of drug-likeness (QED) is 0.408. The van der Waals surface area contributed by atoms with Crippen LogP contribution < -0.4 is 5.32 Å². The zero-order valence-corrected chi connectivity index (χ0v) is 17.0. The Balaban J connectivity index is 1.78. The number of carbonyl (C=O) groups excluding carboxylic acids is 1. The summed E-state index contributed by atoms with van der Waals surface area (Å²) in [4.78, 5) is 12.0. The van der Waals surface area contributed by atoms with Crippen LogP contribution in [0.3, 0.4) is 0 Å². The van der Waals surface area contributed by atoms with E-state index in [2.05, 4.69) is 15.5 Å². The lowest BCUT2D eigenvalue weighted by molar-refractivity contribution is -0.118. The fourth-order valence-electron chi connectivity index (χ4n) is 2.80. The lowest BCUT2D eigenvalue weighted by Gasteiger charge is -2.11. The van der Waals surface area contributed by atoms with Crippen molar-refractivity contribution in [1.82, 2.24) is 20.1 Å². The van der Waals surface area contributed by atoms with Gasteiger partial charge in [-0.15, -0.1) is 10.2 Å². The van der Waals surface area contributed by atoms with Crippen LogP contribution in [0.5, 0.6) is 0 Å². The highest BCUT2D eigenvalue weighted by atomic mass is 32.2. The van der Waals surface area contributed by atoms with Crippen LogP contribution in [-0.4, -0.2) is 46.7 Å². The highest BCUT2D eigenvalue weighted by molar-refractivity contribution is 7.99. The number of thioether (sulfide) groups is 1. The van der Waals surface area contributed by atoms with Gasteiger partial charge in [0.2, 0.25) is 5.91 Å². The SMILES string of the molecule is COCCNC(=O)CSc1nnc(-c2ccccc2F)n1CCc1ccccc1. The fraction of sp³-hybridized carbons (Fsp3) is 0.286. The summed E-state index contributed by atoms with van der Waals surface area (Å²) in [6.07, 6.45) is 0.744. The van der Waals surface area contributed by atoms with Gasteiger partial charge in [-0.25, -0.2) is 4.39 Å². The molecule has 1 aromatic heterocycles. The molecule has 152 valence electrons. The Morgan fingerprint density at radius 3 is 2.66 bits per heavy atom. The molecule has 0 saturated carbocycles. The van der Waals surface area contributed by atoms with Crippen molar-refractivity contribution in [3.63, 3.8) is 0 Å². The molecule has 0 atom stereocenters. The van der Waals surface area contributed by atoms with Gasteiger partial charge in [0, 0.05) is 20.2 Å². The predicted molar refractivity (Wildman–Crippen MR) is 111 cm³/mol. The molecule has 8 heteroatoms. The Kier molecular flexibility index (Phi) is 7.77. The summed E-state index contributed by atoms with van der Waals surface area (Å²) in [5.41, 5.74) is 1.55. The van der Waals surface area contributed by atoms with Crippen molar-refractivity contribution < 1.29 is 13.9 Å². The van der Waals surface area contributed by atoms with E-state index in [-0.39, 0.29) is 17.5 Å². The summed E-state index contributed by atoms with van der Waals surface area (Å²) >= 11 is 1.28. The molecule has 0 unspecified atom stereocenters. The minimum atomic E-state index is -0.352. The van der Waals surface area contributed by atoms with Crippen molar-refractivity contribution in [2.45, 2.75) is 18.1 Å². The first-order valence-electron chi connectivity index (χ1n) is 9.29. The second kappa shape index (κ2) is 10.7. The van der Waals surface area contributed by atoms with Gasteiger partial charge >= 0.3 is 0 Å². The van der Waals surface area contributed by atoms with Crippen LogP contribution in [0.2, 0.25) is 0 Å². The van der Waals surface area contributed by atoms with Crippen LogP contribution in [0.15, 0.2) is 59.8 Å². The van der Waals surface area contributed by atoms with Crippen LogP contribution in [0.4, 0.5) is 4.39 Å². The van der Waals surface area contributed by atoms with Crippen molar-refractivity contribution in [2.75, 3.05) is 26.0 Å². The predicted octanol–water partition coefficient (Wildman–Crippen LogP) is 3.18. The second-order valence-electron chi connectivity index (χ2n) is 6.30. The summed E-state index contributed by atoms with van der Waals surface area (Å²) in [5.74, 6) is 0.193. The number of nitrogens with zero attached hydrogens (tertiary/aromatic N) is 3. The van der Waals surface area contributed by atoms with Crippen LogP contribution in [-0.2, 0) is 22.5 Å². The molecule has 0 fully saturated rings. The number of hydrogen-bond donors (Lipinski definition) is 1. The third-order valence-electron chi connectivity index (χ3n) is 4.26. The summed E-state index contributed by atoms with van der Waals surface area (Å²) in [6, 6.07) is 16.5. The molecule has 0 aliphatic rings. The molecular formula is C21H23FN4O2S.